The van der Waals surface area contributed by atoms with Crippen LogP contribution >= 0.6 is 35.5 Å². The first kappa shape index (κ1) is 15.7. The Bertz CT molecular complexity index is 776. The first-order chi connectivity index (χ1) is 11.1. The van der Waals surface area contributed by atoms with E-state index in [1.807, 2.05) is 30.3 Å². The number of rotatable bonds is 4. The fourth-order valence-corrected chi connectivity index (χ4v) is 3.46. The molecule has 2 aromatic rings. The predicted octanol–water partition coefficient (Wildman–Crippen LogP) is 1.77. The Kier molecular flexibility index (Phi) is 4.74. The lowest BCUT2D eigenvalue weighted by Gasteiger charge is -2.12. The van der Waals surface area contributed by atoms with Crippen molar-refractivity contribution >= 4 is 62.9 Å². The van der Waals surface area contributed by atoms with Crippen LogP contribution in [0, 0.1) is 0 Å². The van der Waals surface area contributed by atoms with Crippen LogP contribution in [0.25, 0.3) is 6.08 Å². The lowest BCUT2D eigenvalue weighted by Crippen LogP contribution is -2.36. The summed E-state index contributed by atoms with van der Waals surface area (Å²) in [6.45, 7) is -0.170. The van der Waals surface area contributed by atoms with Gasteiger partial charge in [-0.3, -0.25) is 19.8 Å². The van der Waals surface area contributed by atoms with Crippen molar-refractivity contribution in [3.63, 3.8) is 0 Å². The Hall–Kier alpha value is -2.17. The van der Waals surface area contributed by atoms with Crippen LogP contribution in [0.15, 0.2) is 35.2 Å². The Morgan fingerprint density at radius 2 is 2.13 bits per heavy atom. The molecule has 1 saturated heterocycles. The van der Waals surface area contributed by atoms with Crippen molar-refractivity contribution in [3.05, 3.63) is 40.8 Å². The smallest absolute Gasteiger partial charge is 0.266 e. The molecule has 0 spiro atoms. The van der Waals surface area contributed by atoms with Gasteiger partial charge in [0.1, 0.15) is 10.9 Å². The minimum Gasteiger partial charge on any atom is -0.298 e. The molecule has 7 nitrogen and oxygen atoms in total. The third kappa shape index (κ3) is 3.78. The van der Waals surface area contributed by atoms with Crippen molar-refractivity contribution in [1.82, 2.24) is 19.7 Å². The minimum atomic E-state index is -0.402. The topological polar surface area (TPSA) is 88.1 Å². The highest BCUT2D eigenvalue weighted by atomic mass is 32.2. The number of benzene rings is 1. The van der Waals surface area contributed by atoms with E-state index in [4.69, 9.17) is 12.2 Å². The number of nitrogens with one attached hydrogen (secondary N) is 1. The average molecular weight is 363 g/mol. The van der Waals surface area contributed by atoms with E-state index in [0.29, 0.717) is 9.23 Å². The van der Waals surface area contributed by atoms with Gasteiger partial charge in [0.15, 0.2) is 0 Å². The molecule has 3 rings (SSSR count). The molecule has 23 heavy (non-hydrogen) atoms. The number of anilines is 1. The second-order valence-electron chi connectivity index (χ2n) is 4.39. The molecule has 0 bridgehead atoms. The van der Waals surface area contributed by atoms with Crippen LogP contribution < -0.4 is 5.32 Å². The van der Waals surface area contributed by atoms with Crippen molar-refractivity contribution in [3.8, 4) is 0 Å². The summed E-state index contributed by atoms with van der Waals surface area (Å²) < 4.78 is 3.89. The van der Waals surface area contributed by atoms with Gasteiger partial charge in [-0.2, -0.15) is 0 Å². The van der Waals surface area contributed by atoms with Crippen LogP contribution in [0.5, 0.6) is 0 Å². The Morgan fingerprint density at radius 1 is 1.35 bits per heavy atom. The van der Waals surface area contributed by atoms with Crippen LogP contribution in [0.4, 0.5) is 5.13 Å². The second kappa shape index (κ2) is 6.94. The summed E-state index contributed by atoms with van der Waals surface area (Å²) in [5.74, 6) is -0.685. The number of carbonyl (C=O) groups is 2. The maximum Gasteiger partial charge on any atom is 0.266 e. The van der Waals surface area contributed by atoms with Crippen molar-refractivity contribution in [2.45, 2.75) is 0 Å². The van der Waals surface area contributed by atoms with Gasteiger partial charge < -0.3 is 0 Å². The molecule has 0 atom stereocenters. The van der Waals surface area contributed by atoms with Crippen LogP contribution in [-0.2, 0) is 9.59 Å². The van der Waals surface area contributed by atoms with Crippen molar-refractivity contribution in [2.24, 2.45) is 0 Å². The number of amides is 2. The molecule has 1 aromatic carbocycles. The van der Waals surface area contributed by atoms with E-state index in [-0.39, 0.29) is 17.6 Å². The predicted molar refractivity (Wildman–Crippen MR) is 92.7 cm³/mol. The summed E-state index contributed by atoms with van der Waals surface area (Å²) in [6, 6.07) is 9.45. The lowest BCUT2D eigenvalue weighted by atomic mass is 10.2. The molecule has 0 saturated carbocycles. The van der Waals surface area contributed by atoms with Crippen LogP contribution in [-0.4, -0.2) is 42.4 Å². The summed E-state index contributed by atoms with van der Waals surface area (Å²) in [7, 11) is 0. The molecule has 2 heterocycles. The standard InChI is InChI=1S/C13H9N5O2S3/c19-10(14-12-15-16-17-23-12)7-18-11(20)9(22-13(18)21)6-8-4-2-1-3-5-8/h1-6H,7H2,(H,14,15,17,19)/b9-6-. The Labute approximate surface area is 144 Å². The van der Waals surface area contributed by atoms with Gasteiger partial charge in [0.2, 0.25) is 11.0 Å². The van der Waals surface area contributed by atoms with Gasteiger partial charge in [-0.1, -0.05) is 63.9 Å². The van der Waals surface area contributed by atoms with E-state index in [9.17, 15) is 9.59 Å². The molecule has 0 radical (unpaired) electrons. The molecule has 2 amide bonds. The summed E-state index contributed by atoms with van der Waals surface area (Å²) in [5.41, 5.74) is 0.900. The zero-order valence-electron chi connectivity index (χ0n) is 11.5. The molecule has 0 unspecified atom stereocenters. The van der Waals surface area contributed by atoms with Crippen molar-refractivity contribution in [2.75, 3.05) is 11.9 Å². The summed E-state index contributed by atoms with van der Waals surface area (Å²) in [6.07, 6.45) is 1.76. The third-order valence-electron chi connectivity index (χ3n) is 2.82. The summed E-state index contributed by atoms with van der Waals surface area (Å²) in [5, 5.41) is 9.79. The third-order valence-corrected chi connectivity index (χ3v) is 4.71. The maximum absolute atomic E-state index is 12.4. The number of hydrogen-bond donors (Lipinski definition) is 1. The summed E-state index contributed by atoms with van der Waals surface area (Å²) in [4.78, 5) is 26.1. The monoisotopic (exact) mass is 363 g/mol. The molecule has 0 aliphatic carbocycles. The van der Waals surface area contributed by atoms with E-state index in [1.54, 1.807) is 6.08 Å². The van der Waals surface area contributed by atoms with Gasteiger partial charge >= 0.3 is 0 Å². The first-order valence-electron chi connectivity index (χ1n) is 6.39. The summed E-state index contributed by atoms with van der Waals surface area (Å²) >= 11 is 7.32. The maximum atomic E-state index is 12.4. The minimum absolute atomic E-state index is 0.170. The normalized spacial score (nSPS) is 16.2. The average Bonchev–Trinajstić information content (AvgIpc) is 3.13. The Morgan fingerprint density at radius 3 is 2.83 bits per heavy atom. The van der Waals surface area contributed by atoms with Gasteiger partial charge in [-0.15, -0.1) is 0 Å². The second-order valence-corrected chi connectivity index (χ2v) is 6.80. The van der Waals surface area contributed by atoms with Gasteiger partial charge in [0, 0.05) is 11.5 Å². The number of hydrogen-bond acceptors (Lipinski definition) is 8. The van der Waals surface area contributed by atoms with E-state index in [1.165, 1.54) is 16.7 Å². The molecule has 10 heteroatoms. The highest BCUT2D eigenvalue weighted by Crippen LogP contribution is 2.32. The zero-order valence-corrected chi connectivity index (χ0v) is 14.0. The highest BCUT2D eigenvalue weighted by Gasteiger charge is 2.33. The molecule has 1 aromatic heterocycles. The quantitative estimate of drug-likeness (QED) is 0.654. The molecule has 1 aliphatic rings. The van der Waals surface area contributed by atoms with Crippen LogP contribution in [0.3, 0.4) is 0 Å². The number of carbonyl (C=O) groups excluding carboxylic acids is 2. The number of thiocarbonyl (C=S) groups is 1. The molecule has 1 fully saturated rings. The number of thioether (sulfide) groups is 1. The highest BCUT2D eigenvalue weighted by molar-refractivity contribution is 8.26. The van der Waals surface area contributed by atoms with E-state index < -0.39 is 5.91 Å². The van der Waals surface area contributed by atoms with E-state index in [0.717, 1.165) is 17.1 Å². The van der Waals surface area contributed by atoms with Crippen LogP contribution in [0.1, 0.15) is 5.56 Å². The van der Waals surface area contributed by atoms with E-state index >= 15 is 0 Å². The molecule has 116 valence electrons. The van der Waals surface area contributed by atoms with Crippen LogP contribution in [0.2, 0.25) is 0 Å². The number of aromatic nitrogens is 3. The fourth-order valence-electron chi connectivity index (χ4n) is 1.82. The zero-order chi connectivity index (χ0) is 16.2. The van der Waals surface area contributed by atoms with Gasteiger partial charge in [0.25, 0.3) is 5.91 Å². The lowest BCUT2D eigenvalue weighted by molar-refractivity contribution is -0.126. The molecular weight excluding hydrogens is 354 g/mol. The molecule has 1 N–H and O–H groups in total. The first-order valence-corrected chi connectivity index (χ1v) is 8.38. The Balaban J connectivity index is 1.69. The van der Waals surface area contributed by atoms with Crippen molar-refractivity contribution < 1.29 is 9.59 Å². The van der Waals surface area contributed by atoms with E-state index in [2.05, 4.69) is 20.1 Å². The van der Waals surface area contributed by atoms with Gasteiger partial charge in [0.05, 0.1) is 4.91 Å². The van der Waals surface area contributed by atoms with Gasteiger partial charge in [-0.05, 0) is 16.9 Å². The van der Waals surface area contributed by atoms with Gasteiger partial charge in [-0.25, -0.2) is 0 Å². The fraction of sp³-hybridized carbons (Fsp3) is 0.0769. The molecule has 1 aliphatic heterocycles. The SMILES string of the molecule is O=C(CN1C(=O)/C(=C/c2ccccc2)SC1=S)Nc1nnns1. The molecular formula is C13H9N5O2S3. The van der Waals surface area contributed by atoms with Crippen molar-refractivity contribution in [1.29, 1.82) is 0 Å². The number of nitrogens with zero attached hydrogens (tertiary/aromatic N) is 4. The largest absolute Gasteiger partial charge is 0.298 e.